The Hall–Kier alpha value is -3.21. The van der Waals surface area contributed by atoms with E-state index in [9.17, 15) is 4.79 Å². The minimum absolute atomic E-state index is 0.0957. The zero-order valence-electron chi connectivity index (χ0n) is 15.0. The van der Waals surface area contributed by atoms with Gasteiger partial charge < -0.3 is 10.2 Å². The van der Waals surface area contributed by atoms with Gasteiger partial charge in [0.25, 0.3) is 5.91 Å². The molecular formula is C21H22N4O. The first-order valence-electron chi connectivity index (χ1n) is 8.71. The molecule has 0 bridgehead atoms. The summed E-state index contributed by atoms with van der Waals surface area (Å²) in [6.45, 7) is 4.76. The van der Waals surface area contributed by atoms with E-state index >= 15 is 0 Å². The average molecular weight is 346 g/mol. The lowest BCUT2D eigenvalue weighted by Crippen LogP contribution is -2.28. The second-order valence-corrected chi connectivity index (χ2v) is 5.96. The van der Waals surface area contributed by atoms with Crippen LogP contribution in [0.3, 0.4) is 0 Å². The fourth-order valence-corrected chi connectivity index (χ4v) is 2.77. The van der Waals surface area contributed by atoms with E-state index in [0.717, 1.165) is 17.8 Å². The number of carbonyl (C=O) groups excluding carboxylic acids is 1. The number of para-hydroxylation sites is 1. The number of aromatic nitrogens is 2. The largest absolute Gasteiger partial charge is 0.344 e. The first-order chi connectivity index (χ1) is 12.7. The molecule has 0 spiro atoms. The van der Waals surface area contributed by atoms with Crippen molar-refractivity contribution in [2.45, 2.75) is 19.9 Å². The van der Waals surface area contributed by atoms with Crippen molar-refractivity contribution in [1.82, 2.24) is 15.5 Å². The Morgan fingerprint density at radius 1 is 0.962 bits per heavy atom. The number of hydrogen-bond acceptors (Lipinski definition) is 4. The van der Waals surface area contributed by atoms with Crippen LogP contribution in [-0.4, -0.2) is 22.6 Å². The predicted octanol–water partition coefficient (Wildman–Crippen LogP) is 4.13. The van der Waals surface area contributed by atoms with Gasteiger partial charge in [-0.15, -0.1) is 10.2 Å². The number of nitrogens with one attached hydrogen (secondary N) is 1. The van der Waals surface area contributed by atoms with Gasteiger partial charge in [-0.3, -0.25) is 4.79 Å². The van der Waals surface area contributed by atoms with Crippen LogP contribution in [-0.2, 0) is 0 Å². The second-order valence-electron chi connectivity index (χ2n) is 5.96. The maximum Gasteiger partial charge on any atom is 0.272 e. The van der Waals surface area contributed by atoms with Gasteiger partial charge in [0.05, 0.1) is 6.04 Å². The topological polar surface area (TPSA) is 58.1 Å². The Kier molecular flexibility index (Phi) is 5.59. The molecule has 1 N–H and O–H groups in total. The standard InChI is InChI=1S/C21H22N4O/c1-3-25(18-12-8-5-9-13-18)20-15-14-19(23-24-20)21(26)22-16(2)17-10-6-4-7-11-17/h4-16H,3H2,1-2H3,(H,22,26). The van der Waals surface area contributed by atoms with Gasteiger partial charge in [-0.05, 0) is 43.7 Å². The van der Waals surface area contributed by atoms with Gasteiger partial charge in [-0.2, -0.15) is 0 Å². The Morgan fingerprint density at radius 3 is 2.19 bits per heavy atom. The maximum atomic E-state index is 12.4. The lowest BCUT2D eigenvalue weighted by atomic mass is 10.1. The van der Waals surface area contributed by atoms with Crippen LogP contribution in [0.5, 0.6) is 0 Å². The molecule has 3 rings (SSSR count). The van der Waals surface area contributed by atoms with Crippen LogP contribution < -0.4 is 10.2 Å². The molecule has 1 heterocycles. The summed E-state index contributed by atoms with van der Waals surface area (Å²) < 4.78 is 0. The molecule has 5 nitrogen and oxygen atoms in total. The highest BCUT2D eigenvalue weighted by Gasteiger charge is 2.14. The molecule has 0 aliphatic carbocycles. The molecule has 2 aromatic carbocycles. The van der Waals surface area contributed by atoms with E-state index < -0.39 is 0 Å². The summed E-state index contributed by atoms with van der Waals surface area (Å²) in [7, 11) is 0. The molecule has 0 aliphatic heterocycles. The third kappa shape index (κ3) is 4.06. The lowest BCUT2D eigenvalue weighted by Gasteiger charge is -2.21. The number of nitrogens with zero attached hydrogens (tertiary/aromatic N) is 3. The van der Waals surface area contributed by atoms with E-state index in [1.807, 2.05) is 78.6 Å². The van der Waals surface area contributed by atoms with E-state index in [4.69, 9.17) is 0 Å². The molecule has 1 aromatic heterocycles. The van der Waals surface area contributed by atoms with Crippen LogP contribution in [0, 0.1) is 0 Å². The summed E-state index contributed by atoms with van der Waals surface area (Å²) in [4.78, 5) is 14.5. The Morgan fingerprint density at radius 2 is 1.62 bits per heavy atom. The smallest absolute Gasteiger partial charge is 0.272 e. The van der Waals surface area contributed by atoms with E-state index in [-0.39, 0.29) is 11.9 Å². The monoisotopic (exact) mass is 346 g/mol. The third-order valence-corrected chi connectivity index (χ3v) is 4.19. The minimum Gasteiger partial charge on any atom is -0.344 e. The van der Waals surface area contributed by atoms with Crippen molar-refractivity contribution in [2.75, 3.05) is 11.4 Å². The quantitative estimate of drug-likeness (QED) is 0.729. The molecule has 5 heteroatoms. The van der Waals surface area contributed by atoms with Gasteiger partial charge >= 0.3 is 0 Å². The van der Waals surface area contributed by atoms with Crippen molar-refractivity contribution >= 4 is 17.4 Å². The van der Waals surface area contributed by atoms with E-state index in [0.29, 0.717) is 11.5 Å². The molecule has 1 amide bonds. The van der Waals surface area contributed by atoms with Crippen LogP contribution in [0.2, 0.25) is 0 Å². The summed E-state index contributed by atoms with van der Waals surface area (Å²) in [5.41, 5.74) is 2.39. The minimum atomic E-state index is -0.233. The zero-order valence-corrected chi connectivity index (χ0v) is 15.0. The Labute approximate surface area is 153 Å². The van der Waals surface area contributed by atoms with Gasteiger partial charge in [-0.1, -0.05) is 48.5 Å². The summed E-state index contributed by atoms with van der Waals surface area (Å²) >= 11 is 0. The summed E-state index contributed by atoms with van der Waals surface area (Å²) in [6, 6.07) is 23.3. The Balaban J connectivity index is 1.71. The molecule has 0 saturated carbocycles. The Bertz CT molecular complexity index is 835. The summed E-state index contributed by atoms with van der Waals surface area (Å²) in [5, 5.41) is 11.3. The maximum absolute atomic E-state index is 12.4. The summed E-state index contributed by atoms with van der Waals surface area (Å²) in [6.07, 6.45) is 0. The van der Waals surface area contributed by atoms with Crippen LogP contribution >= 0.6 is 0 Å². The number of amides is 1. The molecule has 132 valence electrons. The first-order valence-corrected chi connectivity index (χ1v) is 8.71. The molecule has 0 fully saturated rings. The third-order valence-electron chi connectivity index (χ3n) is 4.19. The molecule has 26 heavy (non-hydrogen) atoms. The number of benzene rings is 2. The van der Waals surface area contributed by atoms with Crippen LogP contribution in [0.15, 0.2) is 72.8 Å². The van der Waals surface area contributed by atoms with Gasteiger partial charge in [0.1, 0.15) is 0 Å². The van der Waals surface area contributed by atoms with Gasteiger partial charge in [0, 0.05) is 12.2 Å². The molecule has 1 unspecified atom stereocenters. The average Bonchev–Trinajstić information content (AvgIpc) is 2.70. The van der Waals surface area contributed by atoms with Crippen LogP contribution in [0.4, 0.5) is 11.5 Å². The van der Waals surface area contributed by atoms with Crippen molar-refractivity contribution in [2.24, 2.45) is 0 Å². The van der Waals surface area contributed by atoms with Gasteiger partial charge in [0.2, 0.25) is 0 Å². The SMILES string of the molecule is CCN(c1ccccc1)c1ccc(C(=O)NC(C)c2ccccc2)nn1. The van der Waals surface area contributed by atoms with Gasteiger partial charge in [0.15, 0.2) is 11.5 Å². The number of carbonyl (C=O) groups is 1. The van der Waals surface area contributed by atoms with E-state index in [1.165, 1.54) is 0 Å². The zero-order chi connectivity index (χ0) is 18.4. The van der Waals surface area contributed by atoms with E-state index in [1.54, 1.807) is 6.07 Å². The number of rotatable bonds is 6. The highest BCUT2D eigenvalue weighted by Crippen LogP contribution is 2.22. The van der Waals surface area contributed by atoms with Crippen molar-refractivity contribution in [3.05, 3.63) is 84.1 Å². The molecule has 3 aromatic rings. The molecule has 0 radical (unpaired) electrons. The van der Waals surface area contributed by atoms with Crippen molar-refractivity contribution in [3.8, 4) is 0 Å². The van der Waals surface area contributed by atoms with Crippen LogP contribution in [0.1, 0.15) is 35.9 Å². The predicted molar refractivity (Wildman–Crippen MR) is 103 cm³/mol. The van der Waals surface area contributed by atoms with Gasteiger partial charge in [-0.25, -0.2) is 0 Å². The highest BCUT2D eigenvalue weighted by molar-refractivity contribution is 5.92. The number of hydrogen-bond donors (Lipinski definition) is 1. The second kappa shape index (κ2) is 8.25. The molecule has 0 saturated heterocycles. The molecule has 1 atom stereocenters. The molecular weight excluding hydrogens is 324 g/mol. The fraction of sp³-hybridized carbons (Fsp3) is 0.190. The van der Waals surface area contributed by atoms with Crippen LogP contribution in [0.25, 0.3) is 0 Å². The van der Waals surface area contributed by atoms with Crippen molar-refractivity contribution in [1.29, 1.82) is 0 Å². The normalized spacial score (nSPS) is 11.6. The van der Waals surface area contributed by atoms with E-state index in [2.05, 4.69) is 22.4 Å². The number of anilines is 2. The first kappa shape index (κ1) is 17.6. The molecule has 0 aliphatic rings. The van der Waals surface area contributed by atoms with Crippen molar-refractivity contribution < 1.29 is 4.79 Å². The lowest BCUT2D eigenvalue weighted by molar-refractivity contribution is 0.0934. The summed E-state index contributed by atoms with van der Waals surface area (Å²) in [5.74, 6) is 0.481. The highest BCUT2D eigenvalue weighted by atomic mass is 16.2. The fourth-order valence-electron chi connectivity index (χ4n) is 2.77. The van der Waals surface area contributed by atoms with Crippen molar-refractivity contribution in [3.63, 3.8) is 0 Å².